The Morgan fingerprint density at radius 3 is 2.78 bits per heavy atom. The van der Waals surface area contributed by atoms with E-state index in [4.69, 9.17) is 5.73 Å². The van der Waals surface area contributed by atoms with Gasteiger partial charge < -0.3 is 10.6 Å². The van der Waals surface area contributed by atoms with Crippen molar-refractivity contribution in [3.8, 4) is 0 Å². The number of aryl methyl sites for hydroxylation is 1. The van der Waals surface area contributed by atoms with Crippen LogP contribution in [0.2, 0.25) is 0 Å². The zero-order valence-electron chi connectivity index (χ0n) is 10.8. The largest absolute Gasteiger partial charge is 0.338 e. The lowest BCUT2D eigenvalue weighted by molar-refractivity contribution is 0.0785. The van der Waals surface area contributed by atoms with Crippen LogP contribution in [0.5, 0.6) is 0 Å². The lowest BCUT2D eigenvalue weighted by Gasteiger charge is -2.18. The second kappa shape index (κ2) is 5.06. The monoisotopic (exact) mass is 250 g/mol. The van der Waals surface area contributed by atoms with Crippen LogP contribution in [0, 0.1) is 18.7 Å². The average molecular weight is 250 g/mol. The molecule has 2 rings (SSSR count). The third kappa shape index (κ3) is 2.70. The van der Waals surface area contributed by atoms with Crippen LogP contribution in [0.25, 0.3) is 0 Å². The molecule has 0 aromatic heterocycles. The number of rotatable bonds is 2. The van der Waals surface area contributed by atoms with Crippen LogP contribution in [0.3, 0.4) is 0 Å². The molecule has 2 atom stereocenters. The van der Waals surface area contributed by atoms with Gasteiger partial charge in [0.15, 0.2) is 0 Å². The summed E-state index contributed by atoms with van der Waals surface area (Å²) >= 11 is 0. The van der Waals surface area contributed by atoms with E-state index in [0.717, 1.165) is 12.0 Å². The zero-order chi connectivity index (χ0) is 13.3. The summed E-state index contributed by atoms with van der Waals surface area (Å²) in [5.74, 6) is -0.106. The first kappa shape index (κ1) is 13.0. The molecule has 1 aromatic carbocycles. The molecule has 1 amide bonds. The van der Waals surface area contributed by atoms with Crippen LogP contribution in [0.4, 0.5) is 4.39 Å². The standard InChI is InChI=1S/C14H19FN2O/c1-9-5-12(7-13(15)6-9)14(18)17-4-3-11(8-17)10(2)16/h5-7,10-11H,3-4,8,16H2,1-2H3. The molecule has 1 fully saturated rings. The highest BCUT2D eigenvalue weighted by atomic mass is 19.1. The Morgan fingerprint density at radius 1 is 1.50 bits per heavy atom. The number of carbonyl (C=O) groups excluding carboxylic acids is 1. The lowest BCUT2D eigenvalue weighted by atomic mass is 10.0. The molecule has 0 spiro atoms. The van der Waals surface area contributed by atoms with Crippen LogP contribution < -0.4 is 5.73 Å². The molecule has 1 saturated heterocycles. The number of nitrogens with two attached hydrogens (primary N) is 1. The van der Waals surface area contributed by atoms with Gasteiger partial charge in [-0.2, -0.15) is 0 Å². The second-order valence-electron chi connectivity index (χ2n) is 5.18. The van der Waals surface area contributed by atoms with Gasteiger partial charge in [0.25, 0.3) is 5.91 Å². The Labute approximate surface area is 107 Å². The Morgan fingerprint density at radius 2 is 2.22 bits per heavy atom. The first-order valence-electron chi connectivity index (χ1n) is 6.29. The summed E-state index contributed by atoms with van der Waals surface area (Å²) in [6.45, 7) is 5.13. The topological polar surface area (TPSA) is 46.3 Å². The number of hydrogen-bond acceptors (Lipinski definition) is 2. The molecule has 1 heterocycles. The van der Waals surface area contributed by atoms with Crippen molar-refractivity contribution in [1.82, 2.24) is 4.90 Å². The van der Waals surface area contributed by atoms with E-state index >= 15 is 0 Å². The number of hydrogen-bond donors (Lipinski definition) is 1. The fourth-order valence-corrected chi connectivity index (χ4v) is 2.44. The summed E-state index contributed by atoms with van der Waals surface area (Å²) in [7, 11) is 0. The van der Waals surface area contributed by atoms with E-state index in [1.165, 1.54) is 12.1 Å². The highest BCUT2D eigenvalue weighted by Gasteiger charge is 2.29. The molecule has 4 heteroatoms. The van der Waals surface area contributed by atoms with Crippen LogP contribution in [0.15, 0.2) is 18.2 Å². The number of amides is 1. The molecular weight excluding hydrogens is 231 g/mol. The summed E-state index contributed by atoms with van der Waals surface area (Å²) in [5, 5.41) is 0. The summed E-state index contributed by atoms with van der Waals surface area (Å²) in [6, 6.07) is 4.54. The molecule has 0 aliphatic carbocycles. The van der Waals surface area contributed by atoms with Crippen molar-refractivity contribution in [2.24, 2.45) is 11.7 Å². The van der Waals surface area contributed by atoms with Gasteiger partial charge in [0.2, 0.25) is 0 Å². The van der Waals surface area contributed by atoms with E-state index in [-0.39, 0.29) is 17.8 Å². The van der Waals surface area contributed by atoms with Gasteiger partial charge in [-0.25, -0.2) is 4.39 Å². The van der Waals surface area contributed by atoms with Crippen LogP contribution in [0.1, 0.15) is 29.3 Å². The fourth-order valence-electron chi connectivity index (χ4n) is 2.44. The highest BCUT2D eigenvalue weighted by molar-refractivity contribution is 5.94. The molecule has 0 bridgehead atoms. The Hall–Kier alpha value is -1.42. The average Bonchev–Trinajstić information content (AvgIpc) is 2.75. The molecule has 98 valence electrons. The van der Waals surface area contributed by atoms with Gasteiger partial charge in [-0.3, -0.25) is 4.79 Å². The number of carbonyl (C=O) groups is 1. The minimum Gasteiger partial charge on any atom is -0.338 e. The predicted octanol–water partition coefficient (Wildman–Crippen LogP) is 1.94. The molecule has 0 saturated carbocycles. The fraction of sp³-hybridized carbons (Fsp3) is 0.500. The summed E-state index contributed by atoms with van der Waals surface area (Å²) in [4.78, 5) is 14.0. The number of nitrogens with zero attached hydrogens (tertiary/aromatic N) is 1. The van der Waals surface area contributed by atoms with Crippen molar-refractivity contribution in [2.75, 3.05) is 13.1 Å². The van der Waals surface area contributed by atoms with E-state index < -0.39 is 0 Å². The van der Waals surface area contributed by atoms with E-state index in [2.05, 4.69) is 0 Å². The summed E-state index contributed by atoms with van der Waals surface area (Å²) < 4.78 is 13.3. The maximum Gasteiger partial charge on any atom is 0.253 e. The minimum absolute atomic E-state index is 0.0945. The van der Waals surface area contributed by atoms with Gasteiger partial charge in [-0.15, -0.1) is 0 Å². The smallest absolute Gasteiger partial charge is 0.253 e. The molecule has 2 unspecified atom stereocenters. The first-order valence-corrected chi connectivity index (χ1v) is 6.29. The van der Waals surface area contributed by atoms with Crippen molar-refractivity contribution >= 4 is 5.91 Å². The Bertz CT molecular complexity index is 439. The SMILES string of the molecule is Cc1cc(F)cc(C(=O)N2CCC(C(C)N)C2)c1. The Kier molecular flexibility index (Phi) is 3.66. The van der Waals surface area contributed by atoms with Gasteiger partial charge in [0.1, 0.15) is 5.82 Å². The van der Waals surface area contributed by atoms with Crippen molar-refractivity contribution in [3.05, 3.63) is 35.1 Å². The van der Waals surface area contributed by atoms with Crippen molar-refractivity contribution < 1.29 is 9.18 Å². The van der Waals surface area contributed by atoms with E-state index in [1.54, 1.807) is 17.9 Å². The highest BCUT2D eigenvalue weighted by Crippen LogP contribution is 2.21. The second-order valence-corrected chi connectivity index (χ2v) is 5.18. The van der Waals surface area contributed by atoms with Crippen molar-refractivity contribution in [3.63, 3.8) is 0 Å². The molecule has 3 nitrogen and oxygen atoms in total. The lowest BCUT2D eigenvalue weighted by Crippen LogP contribution is -2.33. The van der Waals surface area contributed by atoms with Gasteiger partial charge in [-0.1, -0.05) is 0 Å². The first-order chi connectivity index (χ1) is 8.47. The van der Waals surface area contributed by atoms with E-state index in [9.17, 15) is 9.18 Å². The Balaban J connectivity index is 2.12. The van der Waals surface area contributed by atoms with Gasteiger partial charge in [0, 0.05) is 24.7 Å². The van der Waals surface area contributed by atoms with E-state index in [1.807, 2.05) is 6.92 Å². The summed E-state index contributed by atoms with van der Waals surface area (Å²) in [6.07, 6.45) is 0.928. The molecule has 1 aliphatic heterocycles. The van der Waals surface area contributed by atoms with Crippen LogP contribution in [-0.4, -0.2) is 29.9 Å². The van der Waals surface area contributed by atoms with Crippen LogP contribution in [-0.2, 0) is 0 Å². The van der Waals surface area contributed by atoms with Crippen LogP contribution >= 0.6 is 0 Å². The number of likely N-dealkylation sites (tertiary alicyclic amines) is 1. The third-order valence-corrected chi connectivity index (χ3v) is 3.54. The number of halogens is 1. The van der Waals surface area contributed by atoms with E-state index in [0.29, 0.717) is 24.6 Å². The van der Waals surface area contributed by atoms with Gasteiger partial charge >= 0.3 is 0 Å². The molecule has 0 radical (unpaired) electrons. The quantitative estimate of drug-likeness (QED) is 0.872. The van der Waals surface area contributed by atoms with Crippen molar-refractivity contribution in [1.29, 1.82) is 0 Å². The maximum absolute atomic E-state index is 13.3. The summed E-state index contributed by atoms with van der Waals surface area (Å²) in [5.41, 5.74) is 7.04. The minimum atomic E-state index is -0.360. The van der Waals surface area contributed by atoms with Gasteiger partial charge in [0.05, 0.1) is 0 Å². The maximum atomic E-state index is 13.3. The van der Waals surface area contributed by atoms with Gasteiger partial charge in [-0.05, 0) is 49.9 Å². The zero-order valence-corrected chi connectivity index (χ0v) is 10.8. The molecule has 1 aromatic rings. The molecule has 1 aliphatic rings. The van der Waals surface area contributed by atoms with Crippen molar-refractivity contribution in [2.45, 2.75) is 26.3 Å². The normalized spacial score (nSPS) is 21.1. The number of benzene rings is 1. The molecule has 18 heavy (non-hydrogen) atoms. The third-order valence-electron chi connectivity index (χ3n) is 3.54. The molecular formula is C14H19FN2O. The molecule has 2 N–H and O–H groups in total. The predicted molar refractivity (Wildman–Crippen MR) is 68.8 cm³/mol.